The largest absolute Gasteiger partial charge is 0.494 e. The van der Waals surface area contributed by atoms with Gasteiger partial charge in [0.25, 0.3) is 11.5 Å². The number of benzene rings is 2. The first-order valence-corrected chi connectivity index (χ1v) is 8.56. The monoisotopic (exact) mass is 379 g/mol. The average Bonchev–Trinajstić information content (AvgIpc) is 3.20. The molecule has 0 saturated heterocycles. The third-order valence-electron chi connectivity index (χ3n) is 4.22. The predicted octanol–water partition coefficient (Wildman–Crippen LogP) is 1.90. The number of carbonyl (C=O) groups excluding carboxylic acids is 1. The van der Waals surface area contributed by atoms with Crippen molar-refractivity contribution in [2.24, 2.45) is 0 Å². The lowest BCUT2D eigenvalue weighted by Gasteiger charge is -2.11. The molecule has 4 rings (SSSR count). The molecule has 0 unspecified atom stereocenters. The van der Waals surface area contributed by atoms with Crippen LogP contribution in [0.15, 0.2) is 59.4 Å². The van der Waals surface area contributed by atoms with E-state index in [1.165, 1.54) is 13.2 Å². The number of carbonyl (C=O) groups is 1. The second-order valence-corrected chi connectivity index (χ2v) is 6.02. The zero-order valence-electron chi connectivity index (χ0n) is 15.0. The molecule has 2 aromatic carbocycles. The molecule has 2 heterocycles. The third kappa shape index (κ3) is 3.39. The highest BCUT2D eigenvalue weighted by Crippen LogP contribution is 2.32. The number of nitrogens with zero attached hydrogens (tertiary/aromatic N) is 2. The number of hydrogen-bond acceptors (Lipinski definition) is 6. The average molecular weight is 379 g/mol. The van der Waals surface area contributed by atoms with Crippen molar-refractivity contribution in [3.63, 3.8) is 0 Å². The van der Waals surface area contributed by atoms with E-state index in [1.54, 1.807) is 36.4 Å². The molecular weight excluding hydrogens is 362 g/mol. The molecule has 0 radical (unpaired) electrons. The molecule has 8 heteroatoms. The summed E-state index contributed by atoms with van der Waals surface area (Å²) in [7, 11) is 1.39. The Hall–Kier alpha value is -3.81. The Labute approximate surface area is 160 Å². The fraction of sp³-hybridized carbons (Fsp3) is 0.150. The molecule has 3 aromatic rings. The topological polar surface area (TPSA) is 91.7 Å². The predicted molar refractivity (Wildman–Crippen MR) is 100 cm³/mol. The van der Waals surface area contributed by atoms with Gasteiger partial charge < -0.3 is 19.5 Å². The highest BCUT2D eigenvalue weighted by atomic mass is 16.7. The Morgan fingerprint density at radius 3 is 2.71 bits per heavy atom. The van der Waals surface area contributed by atoms with Crippen LogP contribution in [0.4, 0.5) is 0 Å². The lowest BCUT2D eigenvalue weighted by atomic mass is 10.2. The molecule has 0 bridgehead atoms. The number of methoxy groups -OCH3 is 1. The van der Waals surface area contributed by atoms with Crippen molar-refractivity contribution in [2.45, 2.75) is 6.54 Å². The molecule has 0 saturated carbocycles. The first kappa shape index (κ1) is 17.6. The Morgan fingerprint density at radius 1 is 1.14 bits per heavy atom. The van der Waals surface area contributed by atoms with Crippen LogP contribution in [0, 0.1) is 0 Å². The maximum atomic E-state index is 12.7. The molecule has 0 fully saturated rings. The van der Waals surface area contributed by atoms with Crippen LogP contribution in [0.3, 0.4) is 0 Å². The van der Waals surface area contributed by atoms with E-state index in [9.17, 15) is 9.59 Å². The summed E-state index contributed by atoms with van der Waals surface area (Å²) >= 11 is 0. The molecule has 28 heavy (non-hydrogen) atoms. The van der Waals surface area contributed by atoms with Gasteiger partial charge in [0.15, 0.2) is 22.9 Å². The highest BCUT2D eigenvalue weighted by molar-refractivity contribution is 5.94. The van der Waals surface area contributed by atoms with Gasteiger partial charge in [0, 0.05) is 6.54 Å². The second kappa shape index (κ2) is 7.43. The first-order valence-electron chi connectivity index (χ1n) is 8.56. The van der Waals surface area contributed by atoms with E-state index in [-0.39, 0.29) is 24.8 Å². The summed E-state index contributed by atoms with van der Waals surface area (Å²) < 4.78 is 17.0. The van der Waals surface area contributed by atoms with E-state index in [2.05, 4.69) is 10.4 Å². The highest BCUT2D eigenvalue weighted by Gasteiger charge is 2.19. The van der Waals surface area contributed by atoms with Gasteiger partial charge in [0.1, 0.15) is 0 Å². The van der Waals surface area contributed by atoms with Gasteiger partial charge in [-0.2, -0.15) is 9.78 Å². The normalized spacial score (nSPS) is 11.9. The molecule has 8 nitrogen and oxygen atoms in total. The second-order valence-electron chi connectivity index (χ2n) is 6.02. The zero-order valence-corrected chi connectivity index (χ0v) is 15.0. The van der Waals surface area contributed by atoms with Crippen molar-refractivity contribution >= 4 is 5.91 Å². The van der Waals surface area contributed by atoms with E-state index >= 15 is 0 Å². The summed E-state index contributed by atoms with van der Waals surface area (Å²) in [5.41, 5.74) is 1.02. The molecule has 1 aromatic heterocycles. The van der Waals surface area contributed by atoms with Crippen molar-refractivity contribution in [2.75, 3.05) is 13.9 Å². The van der Waals surface area contributed by atoms with Crippen LogP contribution >= 0.6 is 0 Å². The number of rotatable bonds is 5. The maximum Gasteiger partial charge on any atom is 0.275 e. The van der Waals surface area contributed by atoms with Crippen LogP contribution in [-0.2, 0) is 6.54 Å². The fourth-order valence-corrected chi connectivity index (χ4v) is 2.82. The van der Waals surface area contributed by atoms with Gasteiger partial charge in [-0.05, 0) is 29.8 Å². The Balaban J connectivity index is 1.58. The number of amides is 1. The van der Waals surface area contributed by atoms with Crippen LogP contribution in [0.5, 0.6) is 17.2 Å². The van der Waals surface area contributed by atoms with E-state index in [0.29, 0.717) is 17.2 Å². The van der Waals surface area contributed by atoms with Crippen molar-refractivity contribution in [1.82, 2.24) is 15.1 Å². The fourth-order valence-electron chi connectivity index (χ4n) is 2.82. The molecule has 0 atom stereocenters. The minimum Gasteiger partial charge on any atom is -0.494 e. The third-order valence-corrected chi connectivity index (χ3v) is 4.22. The van der Waals surface area contributed by atoms with E-state index in [4.69, 9.17) is 14.2 Å². The van der Waals surface area contributed by atoms with E-state index < -0.39 is 11.5 Å². The van der Waals surface area contributed by atoms with Crippen molar-refractivity contribution < 1.29 is 19.0 Å². The van der Waals surface area contributed by atoms with E-state index in [1.807, 2.05) is 12.1 Å². The van der Waals surface area contributed by atoms with E-state index in [0.717, 1.165) is 10.2 Å². The molecule has 142 valence electrons. The summed E-state index contributed by atoms with van der Waals surface area (Å²) in [4.78, 5) is 25.0. The van der Waals surface area contributed by atoms with Crippen molar-refractivity contribution in [1.29, 1.82) is 0 Å². The van der Waals surface area contributed by atoms with Gasteiger partial charge in [-0.15, -0.1) is 0 Å². The number of para-hydroxylation sites is 1. The molecule has 0 aliphatic carbocycles. The van der Waals surface area contributed by atoms with Crippen LogP contribution in [0.25, 0.3) is 5.69 Å². The Morgan fingerprint density at radius 2 is 1.93 bits per heavy atom. The van der Waals surface area contributed by atoms with Crippen molar-refractivity contribution in [3.05, 3.63) is 76.2 Å². The molecule has 1 amide bonds. The van der Waals surface area contributed by atoms with Crippen LogP contribution in [0.2, 0.25) is 0 Å². The van der Waals surface area contributed by atoms with Gasteiger partial charge in [0.2, 0.25) is 6.79 Å². The first-order chi connectivity index (χ1) is 13.7. The van der Waals surface area contributed by atoms with Gasteiger partial charge in [0.05, 0.1) is 18.9 Å². The SMILES string of the molecule is COc1cc(=O)n(-c2ccccc2)nc1C(=O)NCc1ccc2c(c1)OCO2. The molecule has 1 N–H and O–H groups in total. The summed E-state index contributed by atoms with van der Waals surface area (Å²) in [6.45, 7) is 0.443. The number of hydrogen-bond donors (Lipinski definition) is 1. The minimum absolute atomic E-state index is 0.0201. The summed E-state index contributed by atoms with van der Waals surface area (Å²) in [6.07, 6.45) is 0. The van der Waals surface area contributed by atoms with Gasteiger partial charge in [-0.3, -0.25) is 9.59 Å². The number of nitrogens with one attached hydrogen (secondary N) is 1. The smallest absolute Gasteiger partial charge is 0.275 e. The summed E-state index contributed by atoms with van der Waals surface area (Å²) in [5, 5.41) is 6.99. The van der Waals surface area contributed by atoms with Crippen molar-refractivity contribution in [3.8, 4) is 22.9 Å². The zero-order chi connectivity index (χ0) is 19.5. The molecular formula is C20H17N3O5. The van der Waals surface area contributed by atoms with Gasteiger partial charge in [-0.1, -0.05) is 24.3 Å². The Bertz CT molecular complexity index is 1080. The standard InChI is InChI=1S/C20H17N3O5/c1-26-17-10-18(24)23(14-5-3-2-4-6-14)22-19(17)20(25)21-11-13-7-8-15-16(9-13)28-12-27-15/h2-10H,11-12H2,1H3,(H,21,25). The number of aromatic nitrogens is 2. The molecule has 1 aliphatic heterocycles. The minimum atomic E-state index is -0.459. The number of ether oxygens (including phenoxy) is 3. The lowest BCUT2D eigenvalue weighted by Crippen LogP contribution is -2.29. The molecule has 0 spiro atoms. The maximum absolute atomic E-state index is 12.7. The van der Waals surface area contributed by atoms with Crippen LogP contribution < -0.4 is 25.1 Å². The quantitative estimate of drug-likeness (QED) is 0.728. The summed E-state index contributed by atoms with van der Waals surface area (Å²) in [5.74, 6) is 0.966. The lowest BCUT2D eigenvalue weighted by molar-refractivity contribution is 0.0940. The van der Waals surface area contributed by atoms with Gasteiger partial charge in [-0.25, -0.2) is 0 Å². The van der Waals surface area contributed by atoms with Crippen LogP contribution in [-0.4, -0.2) is 29.6 Å². The van der Waals surface area contributed by atoms with Gasteiger partial charge >= 0.3 is 0 Å². The number of fused-ring (bicyclic) bond motifs is 1. The summed E-state index contributed by atoms with van der Waals surface area (Å²) in [6, 6.07) is 15.5. The Kier molecular flexibility index (Phi) is 4.67. The molecule has 1 aliphatic rings. The van der Waals surface area contributed by atoms with Crippen LogP contribution in [0.1, 0.15) is 16.1 Å².